The maximum Gasteiger partial charge on any atom is 0.311 e. The number of carboxylic acids is 1. The predicted molar refractivity (Wildman–Crippen MR) is 69.9 cm³/mol. The van der Waals surface area contributed by atoms with E-state index in [1.54, 1.807) is 25.4 Å². The molecule has 100 valence electrons. The third kappa shape index (κ3) is 3.12. The van der Waals surface area contributed by atoms with E-state index in [4.69, 9.17) is 4.74 Å². The minimum absolute atomic E-state index is 0.391. The van der Waals surface area contributed by atoms with Crippen LogP contribution in [0, 0.1) is 5.41 Å². The topological polar surface area (TPSA) is 71.5 Å². The number of carboxylic acid groups (broad SMARTS) is 1. The van der Waals surface area contributed by atoms with Crippen LogP contribution in [0.5, 0.6) is 5.88 Å². The molecule has 0 amide bonds. The molecule has 0 radical (unpaired) electrons. The van der Waals surface area contributed by atoms with Crippen molar-refractivity contribution in [3.63, 3.8) is 0 Å². The van der Waals surface area contributed by atoms with Crippen LogP contribution in [0.4, 0.5) is 5.69 Å². The van der Waals surface area contributed by atoms with Crippen LogP contribution in [0.2, 0.25) is 0 Å². The number of pyridine rings is 1. The zero-order chi connectivity index (χ0) is 13.6. The fourth-order valence-electron chi connectivity index (χ4n) is 1.78. The van der Waals surface area contributed by atoms with Crippen LogP contribution >= 0.6 is 0 Å². The second kappa shape index (κ2) is 6.23. The van der Waals surface area contributed by atoms with Crippen molar-refractivity contribution >= 4 is 11.7 Å². The van der Waals surface area contributed by atoms with Crippen molar-refractivity contribution in [3.05, 3.63) is 18.3 Å². The second-order valence-electron chi connectivity index (χ2n) is 4.23. The van der Waals surface area contributed by atoms with Gasteiger partial charge in [0, 0.05) is 24.5 Å². The highest BCUT2D eigenvalue weighted by atomic mass is 16.5. The molecule has 18 heavy (non-hydrogen) atoms. The number of aromatic nitrogens is 1. The summed E-state index contributed by atoms with van der Waals surface area (Å²) in [4.78, 5) is 15.4. The summed E-state index contributed by atoms with van der Waals surface area (Å²) in [5, 5.41) is 12.5. The summed E-state index contributed by atoms with van der Waals surface area (Å²) in [5.41, 5.74) is 0.0885. The van der Waals surface area contributed by atoms with Gasteiger partial charge < -0.3 is 15.2 Å². The number of nitrogens with zero attached hydrogens (tertiary/aromatic N) is 1. The molecule has 0 aromatic carbocycles. The standard InChI is InChI=1S/C13H20N2O3/c1-4-13(5-2,12(16)17)9-15-10-6-7-14-11(8-10)18-3/h6-8H,4-5,9H2,1-3H3,(H,14,15)(H,16,17). The molecule has 5 nitrogen and oxygen atoms in total. The molecule has 0 saturated heterocycles. The van der Waals surface area contributed by atoms with Gasteiger partial charge in [0.1, 0.15) is 0 Å². The largest absolute Gasteiger partial charge is 0.481 e. The highest BCUT2D eigenvalue weighted by Gasteiger charge is 2.34. The van der Waals surface area contributed by atoms with Gasteiger partial charge in [0.2, 0.25) is 5.88 Å². The minimum atomic E-state index is -0.763. The van der Waals surface area contributed by atoms with E-state index in [1.165, 1.54) is 0 Å². The van der Waals surface area contributed by atoms with Gasteiger partial charge in [-0.15, -0.1) is 0 Å². The van der Waals surface area contributed by atoms with Crippen LogP contribution in [-0.2, 0) is 4.79 Å². The molecule has 0 spiro atoms. The summed E-state index contributed by atoms with van der Waals surface area (Å²) in [7, 11) is 1.55. The van der Waals surface area contributed by atoms with Crippen LogP contribution in [0.25, 0.3) is 0 Å². The Morgan fingerprint density at radius 1 is 1.50 bits per heavy atom. The minimum Gasteiger partial charge on any atom is -0.481 e. The predicted octanol–water partition coefficient (Wildman–Crippen LogP) is 2.39. The Morgan fingerprint density at radius 3 is 2.67 bits per heavy atom. The molecule has 2 N–H and O–H groups in total. The van der Waals surface area contributed by atoms with Gasteiger partial charge in [0.15, 0.2) is 0 Å². The summed E-state index contributed by atoms with van der Waals surface area (Å²) in [6, 6.07) is 3.54. The van der Waals surface area contributed by atoms with Crippen molar-refractivity contribution in [1.29, 1.82) is 0 Å². The SMILES string of the molecule is CCC(CC)(CNc1ccnc(OC)c1)C(=O)O. The molecule has 0 unspecified atom stereocenters. The van der Waals surface area contributed by atoms with Gasteiger partial charge in [-0.05, 0) is 18.9 Å². The Balaban J connectivity index is 2.75. The Morgan fingerprint density at radius 2 is 2.17 bits per heavy atom. The van der Waals surface area contributed by atoms with Crippen molar-refractivity contribution in [3.8, 4) is 5.88 Å². The first-order chi connectivity index (χ1) is 8.57. The smallest absolute Gasteiger partial charge is 0.311 e. The van der Waals surface area contributed by atoms with Gasteiger partial charge in [0.05, 0.1) is 12.5 Å². The lowest BCUT2D eigenvalue weighted by atomic mass is 9.82. The second-order valence-corrected chi connectivity index (χ2v) is 4.23. The van der Waals surface area contributed by atoms with E-state index >= 15 is 0 Å². The maximum absolute atomic E-state index is 11.4. The number of rotatable bonds is 7. The monoisotopic (exact) mass is 252 g/mol. The van der Waals surface area contributed by atoms with Gasteiger partial charge in [-0.1, -0.05) is 13.8 Å². The molecule has 0 bridgehead atoms. The number of ether oxygens (including phenoxy) is 1. The fourth-order valence-corrected chi connectivity index (χ4v) is 1.78. The normalized spacial score (nSPS) is 11.1. The van der Waals surface area contributed by atoms with E-state index in [2.05, 4.69) is 10.3 Å². The van der Waals surface area contributed by atoms with E-state index < -0.39 is 11.4 Å². The third-order valence-electron chi connectivity index (χ3n) is 3.38. The molecule has 1 aromatic heterocycles. The van der Waals surface area contributed by atoms with Crippen molar-refractivity contribution < 1.29 is 14.6 Å². The van der Waals surface area contributed by atoms with E-state index in [0.29, 0.717) is 25.3 Å². The molecule has 0 aliphatic rings. The molecule has 1 heterocycles. The van der Waals surface area contributed by atoms with Crippen molar-refractivity contribution in [1.82, 2.24) is 4.98 Å². The van der Waals surface area contributed by atoms with Crippen LogP contribution in [0.3, 0.4) is 0 Å². The number of nitrogens with one attached hydrogen (secondary N) is 1. The Labute approximate surface area is 107 Å². The number of aliphatic carboxylic acids is 1. The lowest BCUT2D eigenvalue weighted by Crippen LogP contribution is -2.36. The molecular formula is C13H20N2O3. The Bertz CT molecular complexity index is 403. The zero-order valence-corrected chi connectivity index (χ0v) is 11.1. The van der Waals surface area contributed by atoms with Crippen molar-refractivity contribution in [2.75, 3.05) is 19.0 Å². The summed E-state index contributed by atoms with van der Waals surface area (Å²) in [5.74, 6) is -0.255. The number of carbonyl (C=O) groups is 1. The van der Waals surface area contributed by atoms with Gasteiger partial charge >= 0.3 is 5.97 Å². The number of methoxy groups -OCH3 is 1. The number of anilines is 1. The van der Waals surface area contributed by atoms with Gasteiger partial charge in [0.25, 0.3) is 0 Å². The van der Waals surface area contributed by atoms with Gasteiger partial charge in [-0.25, -0.2) is 4.98 Å². The van der Waals surface area contributed by atoms with E-state index in [9.17, 15) is 9.90 Å². The molecule has 0 aliphatic carbocycles. The highest BCUT2D eigenvalue weighted by molar-refractivity contribution is 5.75. The summed E-state index contributed by atoms with van der Waals surface area (Å²) < 4.78 is 5.02. The maximum atomic E-state index is 11.4. The Kier molecular flexibility index (Phi) is 4.95. The van der Waals surface area contributed by atoms with Crippen molar-refractivity contribution in [2.45, 2.75) is 26.7 Å². The lowest BCUT2D eigenvalue weighted by molar-refractivity contribution is -0.148. The fraction of sp³-hybridized carbons (Fsp3) is 0.538. The summed E-state index contributed by atoms with van der Waals surface area (Å²) >= 11 is 0. The van der Waals surface area contributed by atoms with Crippen LogP contribution < -0.4 is 10.1 Å². The third-order valence-corrected chi connectivity index (χ3v) is 3.38. The van der Waals surface area contributed by atoms with E-state index in [1.807, 2.05) is 13.8 Å². The molecular weight excluding hydrogens is 232 g/mol. The molecule has 0 atom stereocenters. The first-order valence-electron chi connectivity index (χ1n) is 6.05. The highest BCUT2D eigenvalue weighted by Crippen LogP contribution is 2.27. The first kappa shape index (κ1) is 14.3. The molecule has 0 saturated carbocycles. The number of hydrogen-bond donors (Lipinski definition) is 2. The van der Waals surface area contributed by atoms with Crippen LogP contribution in [0.1, 0.15) is 26.7 Å². The molecule has 5 heteroatoms. The summed E-state index contributed by atoms with van der Waals surface area (Å²) in [6.45, 7) is 4.18. The quantitative estimate of drug-likeness (QED) is 0.779. The summed E-state index contributed by atoms with van der Waals surface area (Å²) in [6.07, 6.45) is 2.81. The zero-order valence-electron chi connectivity index (χ0n) is 11.1. The molecule has 0 fully saturated rings. The van der Waals surface area contributed by atoms with Gasteiger partial charge in [-0.2, -0.15) is 0 Å². The van der Waals surface area contributed by atoms with Crippen LogP contribution in [0.15, 0.2) is 18.3 Å². The average molecular weight is 252 g/mol. The molecule has 0 aliphatic heterocycles. The van der Waals surface area contributed by atoms with Gasteiger partial charge in [-0.3, -0.25) is 4.79 Å². The Hall–Kier alpha value is -1.78. The first-order valence-corrected chi connectivity index (χ1v) is 6.05. The molecule has 1 aromatic rings. The van der Waals surface area contributed by atoms with E-state index in [-0.39, 0.29) is 0 Å². The van der Waals surface area contributed by atoms with Crippen molar-refractivity contribution in [2.24, 2.45) is 5.41 Å². The van der Waals surface area contributed by atoms with Crippen LogP contribution in [-0.4, -0.2) is 29.7 Å². The average Bonchev–Trinajstić information content (AvgIpc) is 2.40. The molecule has 1 rings (SSSR count). The number of hydrogen-bond acceptors (Lipinski definition) is 4. The van der Waals surface area contributed by atoms with E-state index in [0.717, 1.165) is 5.69 Å². The lowest BCUT2D eigenvalue weighted by Gasteiger charge is -2.27.